The van der Waals surface area contributed by atoms with Gasteiger partial charge in [-0.15, -0.1) is 0 Å². The van der Waals surface area contributed by atoms with Crippen LogP contribution in [0.15, 0.2) is 36.0 Å². The lowest BCUT2D eigenvalue weighted by atomic mass is 9.46. The van der Waals surface area contributed by atoms with Crippen LogP contribution in [0, 0.1) is 16.7 Å². The fourth-order valence-electron chi connectivity index (χ4n) is 5.74. The molecule has 1 saturated carbocycles. The maximum absolute atomic E-state index is 12.5. The third-order valence-electron chi connectivity index (χ3n) is 7.25. The van der Waals surface area contributed by atoms with Gasteiger partial charge in [0.2, 0.25) is 0 Å². The molecule has 30 heavy (non-hydrogen) atoms. The normalized spacial score (nSPS) is 40.0. The molecule has 3 rings (SSSR count). The van der Waals surface area contributed by atoms with Gasteiger partial charge in [0.25, 0.3) is 0 Å². The molecule has 0 spiro atoms. The Bertz CT molecular complexity index is 753. The Balaban J connectivity index is 1.85. The minimum atomic E-state index is -1.49. The van der Waals surface area contributed by atoms with E-state index in [4.69, 9.17) is 9.47 Å². The van der Waals surface area contributed by atoms with Gasteiger partial charge in [0.1, 0.15) is 11.7 Å². The van der Waals surface area contributed by atoms with Gasteiger partial charge in [-0.2, -0.15) is 0 Å². The van der Waals surface area contributed by atoms with Crippen LogP contribution >= 0.6 is 0 Å². The maximum Gasteiger partial charge on any atom is 0.331 e. The molecule has 1 heterocycles. The second-order valence-corrected chi connectivity index (χ2v) is 9.74. The Morgan fingerprint density at radius 1 is 1.27 bits per heavy atom. The Kier molecular flexibility index (Phi) is 6.33. The monoisotopic (exact) mass is 422 g/mol. The molecule has 7 nitrogen and oxygen atoms in total. The van der Waals surface area contributed by atoms with Crippen LogP contribution in [0.1, 0.15) is 47.0 Å². The first-order valence-electron chi connectivity index (χ1n) is 10.6. The molecule has 0 radical (unpaired) electrons. The van der Waals surface area contributed by atoms with Crippen LogP contribution in [0.3, 0.4) is 0 Å². The van der Waals surface area contributed by atoms with E-state index >= 15 is 0 Å². The van der Waals surface area contributed by atoms with Crippen molar-refractivity contribution in [2.45, 2.75) is 77.2 Å². The van der Waals surface area contributed by atoms with Gasteiger partial charge in [-0.3, -0.25) is 0 Å². The van der Waals surface area contributed by atoms with Crippen molar-refractivity contribution in [2.75, 3.05) is 6.61 Å². The number of aliphatic hydroxyl groups is 4. The topological polar surface area (TPSA) is 116 Å². The Morgan fingerprint density at radius 2 is 1.97 bits per heavy atom. The van der Waals surface area contributed by atoms with Crippen molar-refractivity contribution in [2.24, 2.45) is 16.7 Å². The van der Waals surface area contributed by atoms with Crippen molar-refractivity contribution < 1.29 is 34.7 Å². The Hall–Kier alpha value is -1.51. The number of ether oxygens (including phenoxy) is 2. The number of esters is 1. The second-order valence-electron chi connectivity index (χ2n) is 9.74. The van der Waals surface area contributed by atoms with E-state index in [1.54, 1.807) is 6.08 Å². The molecule has 1 saturated heterocycles. The molecule has 0 aromatic rings. The number of aliphatic hydroxyl groups excluding tert-OH is 3. The Labute approximate surface area is 177 Å². The largest absolute Gasteiger partial charge is 0.455 e. The third kappa shape index (κ3) is 3.78. The molecule has 0 unspecified atom stereocenters. The highest BCUT2D eigenvalue weighted by atomic mass is 16.6. The van der Waals surface area contributed by atoms with Crippen molar-refractivity contribution in [3.05, 3.63) is 36.0 Å². The van der Waals surface area contributed by atoms with Crippen LogP contribution in [0.4, 0.5) is 0 Å². The van der Waals surface area contributed by atoms with Gasteiger partial charge in [0.15, 0.2) is 6.29 Å². The second kappa shape index (κ2) is 8.20. The summed E-state index contributed by atoms with van der Waals surface area (Å²) >= 11 is 0. The SMILES string of the molecule is C[C@H](O)[C@H](O)/C=C/C=C/C(=O)O[C@@H]1C=C2CO[C@H](O)[C@]2(O)[C@@]2(C)CCCC(C)(C)[C@H]12. The molecular weight excluding hydrogens is 388 g/mol. The highest BCUT2D eigenvalue weighted by molar-refractivity contribution is 5.82. The van der Waals surface area contributed by atoms with Crippen LogP contribution in [-0.2, 0) is 14.3 Å². The average molecular weight is 423 g/mol. The molecule has 0 aromatic carbocycles. The van der Waals surface area contributed by atoms with Crippen molar-refractivity contribution >= 4 is 5.97 Å². The van der Waals surface area contributed by atoms with E-state index in [2.05, 4.69) is 13.8 Å². The van der Waals surface area contributed by atoms with Gasteiger partial charge in [0, 0.05) is 17.4 Å². The molecule has 7 atom stereocenters. The molecule has 1 aliphatic heterocycles. The number of rotatable bonds is 5. The van der Waals surface area contributed by atoms with Crippen molar-refractivity contribution in [1.29, 1.82) is 0 Å². The van der Waals surface area contributed by atoms with E-state index in [9.17, 15) is 25.2 Å². The highest BCUT2D eigenvalue weighted by Crippen LogP contribution is 2.63. The number of carbonyl (C=O) groups is 1. The van der Waals surface area contributed by atoms with Crippen molar-refractivity contribution in [3.63, 3.8) is 0 Å². The summed E-state index contributed by atoms with van der Waals surface area (Å²) in [6.07, 6.45) is 6.08. The summed E-state index contributed by atoms with van der Waals surface area (Å²) in [6, 6.07) is 0. The summed E-state index contributed by atoms with van der Waals surface area (Å²) in [6.45, 7) is 7.74. The smallest absolute Gasteiger partial charge is 0.331 e. The summed E-state index contributed by atoms with van der Waals surface area (Å²) in [5, 5.41) is 40.8. The number of hydrogen-bond acceptors (Lipinski definition) is 7. The van der Waals surface area contributed by atoms with Gasteiger partial charge in [0.05, 0.1) is 18.8 Å². The highest BCUT2D eigenvalue weighted by Gasteiger charge is 2.68. The van der Waals surface area contributed by atoms with E-state index < -0.39 is 41.6 Å². The molecule has 0 amide bonds. The van der Waals surface area contributed by atoms with Crippen molar-refractivity contribution in [1.82, 2.24) is 0 Å². The fourth-order valence-corrected chi connectivity index (χ4v) is 5.74. The van der Waals surface area contributed by atoms with Gasteiger partial charge in [-0.25, -0.2) is 4.79 Å². The van der Waals surface area contributed by atoms with E-state index in [0.717, 1.165) is 12.8 Å². The standard InChI is InChI=1S/C23H34O7/c1-14(24)16(25)8-5-6-9-18(26)30-17-12-15-13-29-20(27)23(15,28)22(4)11-7-10-21(2,3)19(17)22/h5-6,8-9,12,14,16-17,19-20,24-25,27-28H,7,10-11,13H2,1-4H3/b8-5+,9-6+/t14-,16+,17+,19-,20-,22-,23-/m0/s1. The number of hydrogen-bond donors (Lipinski definition) is 4. The molecule has 3 aliphatic rings. The summed E-state index contributed by atoms with van der Waals surface area (Å²) in [7, 11) is 0. The zero-order chi connectivity index (χ0) is 22.3. The molecular formula is C23H34O7. The van der Waals surface area contributed by atoms with E-state index in [1.807, 2.05) is 6.92 Å². The maximum atomic E-state index is 12.5. The summed E-state index contributed by atoms with van der Waals surface area (Å²) in [4.78, 5) is 12.5. The van der Waals surface area contributed by atoms with E-state index in [1.165, 1.54) is 31.2 Å². The first-order chi connectivity index (χ1) is 13.9. The lowest BCUT2D eigenvalue weighted by molar-refractivity contribution is -0.244. The zero-order valence-electron chi connectivity index (χ0n) is 18.1. The predicted octanol–water partition coefficient (Wildman–Crippen LogP) is 1.60. The van der Waals surface area contributed by atoms with Crippen LogP contribution in [0.2, 0.25) is 0 Å². The van der Waals surface area contributed by atoms with Crippen LogP contribution in [0.5, 0.6) is 0 Å². The third-order valence-corrected chi connectivity index (χ3v) is 7.25. The lowest BCUT2D eigenvalue weighted by Gasteiger charge is -2.60. The van der Waals surface area contributed by atoms with Crippen LogP contribution < -0.4 is 0 Å². The number of carbonyl (C=O) groups excluding carboxylic acids is 1. The zero-order valence-corrected chi connectivity index (χ0v) is 18.1. The van der Waals surface area contributed by atoms with Crippen LogP contribution in [-0.4, -0.2) is 63.2 Å². The summed E-state index contributed by atoms with van der Waals surface area (Å²) in [5.41, 5.74) is -1.85. The Morgan fingerprint density at radius 3 is 2.63 bits per heavy atom. The van der Waals surface area contributed by atoms with E-state index in [0.29, 0.717) is 12.0 Å². The molecule has 4 N–H and O–H groups in total. The number of allylic oxidation sites excluding steroid dienone is 2. The molecule has 0 aromatic heterocycles. The quantitative estimate of drug-likeness (QED) is 0.230. The number of fused-ring (bicyclic) bond motifs is 3. The summed E-state index contributed by atoms with van der Waals surface area (Å²) in [5.74, 6) is -0.740. The minimum Gasteiger partial charge on any atom is -0.455 e. The van der Waals surface area contributed by atoms with Gasteiger partial charge in [-0.1, -0.05) is 45.4 Å². The fraction of sp³-hybridized carbons (Fsp3) is 0.696. The van der Waals surface area contributed by atoms with Gasteiger partial charge < -0.3 is 29.9 Å². The average Bonchev–Trinajstić information content (AvgIpc) is 2.94. The van der Waals surface area contributed by atoms with Crippen LogP contribution in [0.25, 0.3) is 0 Å². The first kappa shape index (κ1) is 23.2. The molecule has 2 fully saturated rings. The van der Waals surface area contributed by atoms with Gasteiger partial charge >= 0.3 is 5.97 Å². The summed E-state index contributed by atoms with van der Waals surface area (Å²) < 4.78 is 11.2. The molecule has 0 bridgehead atoms. The molecule has 2 aliphatic carbocycles. The predicted molar refractivity (Wildman–Crippen MR) is 110 cm³/mol. The first-order valence-corrected chi connectivity index (χ1v) is 10.6. The lowest BCUT2D eigenvalue weighted by Crippen LogP contribution is -2.65. The minimum absolute atomic E-state index is 0.101. The van der Waals surface area contributed by atoms with Crippen molar-refractivity contribution in [3.8, 4) is 0 Å². The van der Waals surface area contributed by atoms with Gasteiger partial charge in [-0.05, 0) is 36.8 Å². The molecule has 7 heteroatoms. The molecule has 168 valence electrons. The van der Waals surface area contributed by atoms with E-state index in [-0.39, 0.29) is 17.9 Å².